The number of carboxylic acid groups (broad SMARTS) is 1. The van der Waals surface area contributed by atoms with Crippen molar-refractivity contribution in [3.05, 3.63) is 30.3 Å². The van der Waals surface area contributed by atoms with E-state index in [1.165, 1.54) is 0 Å². The van der Waals surface area contributed by atoms with Crippen LogP contribution in [0.25, 0.3) is 0 Å². The predicted molar refractivity (Wildman–Crippen MR) is 55.8 cm³/mol. The number of benzene rings is 1. The van der Waals surface area contributed by atoms with Gasteiger partial charge in [-0.3, -0.25) is 0 Å². The van der Waals surface area contributed by atoms with Gasteiger partial charge in [0.2, 0.25) is 0 Å². The summed E-state index contributed by atoms with van der Waals surface area (Å²) in [5.74, 6) is -0.530. The third-order valence-electron chi connectivity index (χ3n) is 1.83. The summed E-state index contributed by atoms with van der Waals surface area (Å²) < 4.78 is 5.27. The molecule has 0 radical (unpaired) electrons. The monoisotopic (exact) mass is 263 g/mol. The molecule has 0 bridgehead atoms. The Morgan fingerprint density at radius 3 is 2.65 bits per heavy atom. The van der Waals surface area contributed by atoms with Gasteiger partial charge in [0, 0.05) is 13.1 Å². The SMILES string of the molecule is O=C([O-])CNCC(O)COc1ccccc1.[K+]. The molecule has 6 heteroatoms. The van der Waals surface area contributed by atoms with Crippen LogP contribution in [-0.2, 0) is 4.79 Å². The predicted octanol–water partition coefficient (Wildman–Crippen LogP) is -4.23. The first-order chi connectivity index (χ1) is 7.68. The molecule has 0 fully saturated rings. The molecule has 88 valence electrons. The molecule has 1 atom stereocenters. The first-order valence-electron chi connectivity index (χ1n) is 4.95. The second kappa shape index (κ2) is 10.0. The van der Waals surface area contributed by atoms with Gasteiger partial charge >= 0.3 is 51.4 Å². The van der Waals surface area contributed by atoms with Gasteiger partial charge < -0.3 is 25.1 Å². The summed E-state index contributed by atoms with van der Waals surface area (Å²) in [5, 5.41) is 22.0. The van der Waals surface area contributed by atoms with Crippen LogP contribution in [0, 0.1) is 0 Å². The first-order valence-corrected chi connectivity index (χ1v) is 4.95. The number of carboxylic acids is 1. The van der Waals surface area contributed by atoms with E-state index in [-0.39, 0.29) is 71.1 Å². The number of hydrogen-bond donors (Lipinski definition) is 2. The number of carbonyl (C=O) groups is 1. The second-order valence-electron chi connectivity index (χ2n) is 3.28. The van der Waals surface area contributed by atoms with Gasteiger partial charge in [-0.2, -0.15) is 0 Å². The molecule has 0 heterocycles. The maximum absolute atomic E-state index is 10.1. The fraction of sp³-hybridized carbons (Fsp3) is 0.364. The summed E-state index contributed by atoms with van der Waals surface area (Å²) >= 11 is 0. The molecule has 1 aromatic carbocycles. The van der Waals surface area contributed by atoms with Crippen molar-refractivity contribution in [2.24, 2.45) is 0 Å². The Morgan fingerprint density at radius 2 is 2.06 bits per heavy atom. The van der Waals surface area contributed by atoms with E-state index < -0.39 is 12.1 Å². The molecule has 1 rings (SSSR count). The van der Waals surface area contributed by atoms with Crippen LogP contribution in [0.3, 0.4) is 0 Å². The van der Waals surface area contributed by atoms with E-state index in [9.17, 15) is 15.0 Å². The molecule has 0 aliphatic heterocycles. The largest absolute Gasteiger partial charge is 1.00 e. The van der Waals surface area contributed by atoms with E-state index in [2.05, 4.69) is 5.32 Å². The average molecular weight is 263 g/mol. The fourth-order valence-electron chi connectivity index (χ4n) is 1.11. The van der Waals surface area contributed by atoms with E-state index in [0.29, 0.717) is 5.75 Å². The van der Waals surface area contributed by atoms with Gasteiger partial charge in [-0.05, 0) is 12.1 Å². The van der Waals surface area contributed by atoms with Crippen molar-refractivity contribution >= 4 is 5.97 Å². The second-order valence-corrected chi connectivity index (χ2v) is 3.28. The fourth-order valence-corrected chi connectivity index (χ4v) is 1.11. The van der Waals surface area contributed by atoms with E-state index >= 15 is 0 Å². The average Bonchev–Trinajstić information content (AvgIpc) is 2.27. The molecule has 0 amide bonds. The maximum atomic E-state index is 10.1. The summed E-state index contributed by atoms with van der Waals surface area (Å²) in [5.41, 5.74) is 0. The van der Waals surface area contributed by atoms with Crippen molar-refractivity contribution in [2.45, 2.75) is 6.10 Å². The summed E-state index contributed by atoms with van der Waals surface area (Å²) in [6.07, 6.45) is -0.750. The zero-order chi connectivity index (χ0) is 11.8. The number of nitrogens with one attached hydrogen (secondary N) is 1. The minimum atomic E-state index is -1.20. The van der Waals surface area contributed by atoms with Gasteiger partial charge in [0.15, 0.2) is 0 Å². The smallest absolute Gasteiger partial charge is 0.549 e. The third kappa shape index (κ3) is 8.73. The van der Waals surface area contributed by atoms with Crippen molar-refractivity contribution in [2.75, 3.05) is 19.7 Å². The van der Waals surface area contributed by atoms with Crippen LogP contribution in [0.15, 0.2) is 30.3 Å². The molecule has 0 spiro atoms. The van der Waals surface area contributed by atoms with Crippen molar-refractivity contribution in [3.63, 3.8) is 0 Å². The Balaban J connectivity index is 0.00000256. The van der Waals surface area contributed by atoms with Crippen LogP contribution in [0.2, 0.25) is 0 Å². The Morgan fingerprint density at radius 1 is 1.41 bits per heavy atom. The van der Waals surface area contributed by atoms with Gasteiger partial charge in [0.05, 0.1) is 5.97 Å². The van der Waals surface area contributed by atoms with E-state index in [1.807, 2.05) is 18.2 Å². The number of aliphatic hydroxyl groups excluding tert-OH is 1. The van der Waals surface area contributed by atoms with Crippen molar-refractivity contribution in [3.8, 4) is 5.75 Å². The van der Waals surface area contributed by atoms with Gasteiger partial charge in [0.1, 0.15) is 18.5 Å². The molecule has 0 saturated carbocycles. The van der Waals surface area contributed by atoms with Gasteiger partial charge in [-0.15, -0.1) is 0 Å². The van der Waals surface area contributed by atoms with Crippen molar-refractivity contribution in [1.82, 2.24) is 5.32 Å². The Kier molecular flexibility index (Phi) is 10.0. The minimum absolute atomic E-state index is 0. The topological polar surface area (TPSA) is 81.6 Å². The van der Waals surface area contributed by atoms with Crippen LogP contribution in [0.1, 0.15) is 0 Å². The molecule has 0 saturated heterocycles. The van der Waals surface area contributed by atoms with Gasteiger partial charge in [0.25, 0.3) is 0 Å². The minimum Gasteiger partial charge on any atom is -0.549 e. The van der Waals surface area contributed by atoms with E-state index in [4.69, 9.17) is 4.74 Å². The van der Waals surface area contributed by atoms with E-state index in [0.717, 1.165) is 0 Å². The number of ether oxygens (including phenoxy) is 1. The number of rotatable bonds is 7. The summed E-state index contributed by atoms with van der Waals surface area (Å²) in [6, 6.07) is 9.08. The van der Waals surface area contributed by atoms with E-state index in [1.54, 1.807) is 12.1 Å². The Labute approximate surface area is 143 Å². The summed E-state index contributed by atoms with van der Waals surface area (Å²) in [6.45, 7) is -0.00668. The molecule has 0 aliphatic rings. The molecule has 5 nitrogen and oxygen atoms in total. The Bertz CT molecular complexity index is 321. The molecule has 0 aromatic heterocycles. The van der Waals surface area contributed by atoms with Crippen LogP contribution < -0.4 is 66.5 Å². The van der Waals surface area contributed by atoms with Crippen LogP contribution in [-0.4, -0.2) is 36.9 Å². The number of carbonyl (C=O) groups excluding carboxylic acids is 1. The number of hydrogen-bond acceptors (Lipinski definition) is 5. The zero-order valence-electron chi connectivity index (χ0n) is 9.76. The van der Waals surface area contributed by atoms with Crippen molar-refractivity contribution < 1.29 is 71.1 Å². The third-order valence-corrected chi connectivity index (χ3v) is 1.83. The summed E-state index contributed by atoms with van der Waals surface area (Å²) in [4.78, 5) is 10.1. The molecule has 0 aliphatic carbocycles. The molecule has 17 heavy (non-hydrogen) atoms. The molecular formula is C11H14KNO4. The molecular weight excluding hydrogens is 249 g/mol. The quantitative estimate of drug-likeness (QED) is 0.487. The standard InChI is InChI=1S/C11H15NO4.K/c13-9(6-12-7-11(14)15)8-16-10-4-2-1-3-5-10;/h1-5,9,12-13H,6-8H2,(H,14,15);/q;+1/p-1. The maximum Gasteiger partial charge on any atom is 1.00 e. The molecule has 1 aromatic rings. The summed E-state index contributed by atoms with van der Waals surface area (Å²) in [7, 11) is 0. The number of aliphatic hydroxyl groups is 1. The zero-order valence-corrected chi connectivity index (χ0v) is 12.9. The molecule has 1 unspecified atom stereocenters. The number of aliphatic carboxylic acids is 1. The normalized spacial score (nSPS) is 11.4. The number of para-hydroxylation sites is 1. The van der Waals surface area contributed by atoms with Gasteiger partial charge in [-0.25, -0.2) is 0 Å². The van der Waals surface area contributed by atoms with Gasteiger partial charge in [-0.1, -0.05) is 18.2 Å². The Hall–Kier alpha value is 0.0464. The van der Waals surface area contributed by atoms with Crippen molar-refractivity contribution in [1.29, 1.82) is 0 Å². The first kappa shape index (κ1) is 17.0. The van der Waals surface area contributed by atoms with Crippen LogP contribution in [0.5, 0.6) is 5.75 Å². The van der Waals surface area contributed by atoms with Crippen LogP contribution >= 0.6 is 0 Å². The van der Waals surface area contributed by atoms with Crippen LogP contribution in [0.4, 0.5) is 0 Å². The molecule has 2 N–H and O–H groups in total.